The van der Waals surface area contributed by atoms with Crippen LogP contribution in [0.1, 0.15) is 10.4 Å². The van der Waals surface area contributed by atoms with Gasteiger partial charge in [0.05, 0.1) is 40.1 Å². The van der Waals surface area contributed by atoms with E-state index in [1.54, 1.807) is 54.6 Å². The zero-order chi connectivity index (χ0) is 28.8. The normalized spacial score (nSPS) is 13.5. The minimum Gasteiger partial charge on any atom is -0.496 e. The fourth-order valence-corrected chi connectivity index (χ4v) is 4.75. The molecule has 0 unspecified atom stereocenters. The molecule has 0 aliphatic carbocycles. The summed E-state index contributed by atoms with van der Waals surface area (Å²) in [6, 6.07) is 17.0. The van der Waals surface area contributed by atoms with Crippen molar-refractivity contribution in [1.29, 1.82) is 0 Å². The van der Waals surface area contributed by atoms with E-state index in [1.807, 2.05) is 0 Å². The summed E-state index contributed by atoms with van der Waals surface area (Å²) in [6.07, 6.45) is 0. The maximum absolute atomic E-state index is 13.5. The van der Waals surface area contributed by atoms with Crippen LogP contribution in [0.3, 0.4) is 0 Å². The number of para-hydroxylation sites is 1. The minimum atomic E-state index is -0.324. The molecule has 1 fully saturated rings. The van der Waals surface area contributed by atoms with Gasteiger partial charge in [-0.3, -0.25) is 14.5 Å². The Morgan fingerprint density at radius 2 is 1.68 bits per heavy atom. The van der Waals surface area contributed by atoms with Crippen LogP contribution in [0.5, 0.6) is 23.0 Å². The van der Waals surface area contributed by atoms with Crippen molar-refractivity contribution in [3.8, 4) is 34.3 Å². The first-order chi connectivity index (χ1) is 20.0. The molecule has 5 rings (SSSR count). The molecule has 0 atom stereocenters. The van der Waals surface area contributed by atoms with E-state index in [0.717, 1.165) is 13.1 Å². The van der Waals surface area contributed by atoms with Gasteiger partial charge in [0.25, 0.3) is 5.91 Å². The fourth-order valence-electron chi connectivity index (χ4n) is 4.75. The van der Waals surface area contributed by atoms with Gasteiger partial charge in [0.1, 0.15) is 29.1 Å². The highest BCUT2D eigenvalue weighted by atomic mass is 16.5. The number of amides is 1. The number of hydrogen-bond acceptors (Lipinski definition) is 9. The molecule has 1 amide bonds. The van der Waals surface area contributed by atoms with Crippen LogP contribution < -0.4 is 29.7 Å². The van der Waals surface area contributed by atoms with Gasteiger partial charge in [-0.25, -0.2) is 0 Å². The zero-order valence-electron chi connectivity index (χ0n) is 23.2. The number of morpholine rings is 1. The quantitative estimate of drug-likeness (QED) is 0.301. The maximum atomic E-state index is 13.5. The van der Waals surface area contributed by atoms with Crippen molar-refractivity contribution in [2.75, 3.05) is 66.1 Å². The van der Waals surface area contributed by atoms with E-state index in [0.29, 0.717) is 66.2 Å². The van der Waals surface area contributed by atoms with Crippen LogP contribution in [0.15, 0.2) is 69.9 Å². The number of nitrogens with zero attached hydrogens (tertiary/aromatic N) is 1. The van der Waals surface area contributed by atoms with E-state index in [4.69, 9.17) is 28.1 Å². The fraction of sp³-hybridized carbons (Fsp3) is 0.290. The van der Waals surface area contributed by atoms with Gasteiger partial charge in [-0.2, -0.15) is 0 Å². The Bertz CT molecular complexity index is 1590. The van der Waals surface area contributed by atoms with Gasteiger partial charge in [-0.05, 0) is 24.3 Å². The summed E-state index contributed by atoms with van der Waals surface area (Å²) in [5.74, 6) is 1.43. The summed E-state index contributed by atoms with van der Waals surface area (Å²) < 4.78 is 34.2. The van der Waals surface area contributed by atoms with Crippen LogP contribution >= 0.6 is 0 Å². The van der Waals surface area contributed by atoms with Crippen LogP contribution in [-0.2, 0) is 4.74 Å². The molecule has 10 heteroatoms. The summed E-state index contributed by atoms with van der Waals surface area (Å²) in [7, 11) is 4.52. The van der Waals surface area contributed by atoms with E-state index in [2.05, 4.69) is 10.2 Å². The van der Waals surface area contributed by atoms with Crippen molar-refractivity contribution in [3.05, 3.63) is 76.5 Å². The van der Waals surface area contributed by atoms with Gasteiger partial charge in [-0.1, -0.05) is 24.3 Å². The topological polar surface area (TPSA) is 109 Å². The second-order valence-corrected chi connectivity index (χ2v) is 9.33. The molecule has 1 N–H and O–H groups in total. The average Bonchev–Trinajstić information content (AvgIpc) is 3.01. The molecule has 1 saturated heterocycles. The van der Waals surface area contributed by atoms with E-state index in [-0.39, 0.29) is 28.1 Å². The highest BCUT2D eigenvalue weighted by Crippen LogP contribution is 2.43. The molecule has 41 heavy (non-hydrogen) atoms. The monoisotopic (exact) mass is 560 g/mol. The van der Waals surface area contributed by atoms with Crippen molar-refractivity contribution in [2.45, 2.75) is 0 Å². The van der Waals surface area contributed by atoms with Crippen molar-refractivity contribution in [3.63, 3.8) is 0 Å². The summed E-state index contributed by atoms with van der Waals surface area (Å²) >= 11 is 0. The van der Waals surface area contributed by atoms with E-state index >= 15 is 0 Å². The van der Waals surface area contributed by atoms with Crippen molar-refractivity contribution >= 4 is 22.6 Å². The number of rotatable bonds is 10. The zero-order valence-corrected chi connectivity index (χ0v) is 23.2. The Morgan fingerprint density at radius 1 is 0.902 bits per heavy atom. The molecule has 1 aromatic heterocycles. The molecular weight excluding hydrogens is 528 g/mol. The first-order valence-electron chi connectivity index (χ1n) is 13.2. The number of carbonyl (C=O) groups is 1. The summed E-state index contributed by atoms with van der Waals surface area (Å²) in [4.78, 5) is 28.6. The molecule has 1 aliphatic rings. The highest BCUT2D eigenvalue weighted by Gasteiger charge is 2.22. The lowest BCUT2D eigenvalue weighted by Gasteiger charge is -2.26. The molecule has 4 aromatic rings. The molecule has 10 nitrogen and oxygen atoms in total. The van der Waals surface area contributed by atoms with Crippen LogP contribution in [-0.4, -0.2) is 71.6 Å². The number of benzene rings is 3. The third kappa shape index (κ3) is 6.13. The van der Waals surface area contributed by atoms with Gasteiger partial charge in [0, 0.05) is 43.0 Å². The Hall–Kier alpha value is -4.54. The van der Waals surface area contributed by atoms with Crippen LogP contribution in [0.25, 0.3) is 22.3 Å². The summed E-state index contributed by atoms with van der Waals surface area (Å²) in [6.45, 7) is 4.02. The summed E-state index contributed by atoms with van der Waals surface area (Å²) in [5, 5.41) is 3.14. The van der Waals surface area contributed by atoms with Crippen LogP contribution in [0.2, 0.25) is 0 Å². The number of anilines is 1. The molecule has 0 saturated carbocycles. The molecule has 214 valence electrons. The third-order valence-corrected chi connectivity index (χ3v) is 6.83. The van der Waals surface area contributed by atoms with E-state index < -0.39 is 0 Å². The molecule has 2 heterocycles. The van der Waals surface area contributed by atoms with Gasteiger partial charge in [-0.15, -0.1) is 0 Å². The predicted octanol–water partition coefficient (Wildman–Crippen LogP) is 4.45. The molecule has 3 aromatic carbocycles. The maximum Gasteiger partial charge on any atom is 0.259 e. The van der Waals surface area contributed by atoms with Crippen molar-refractivity contribution < 1.29 is 32.9 Å². The predicted molar refractivity (Wildman–Crippen MR) is 155 cm³/mol. The lowest BCUT2D eigenvalue weighted by Crippen LogP contribution is -2.38. The lowest BCUT2D eigenvalue weighted by atomic mass is 10.1. The standard InChI is InChI=1S/C31H32N2O8/c1-36-24-10-5-4-9-22(24)31(35)32-21-8-6-7-20(17-21)25-18-23(34)28-26(41-25)19-27(37-2)29(38-3)30(28)40-16-13-33-11-14-39-15-12-33/h4-10,17-19H,11-16H2,1-3H3,(H,32,35). The Morgan fingerprint density at radius 3 is 2.44 bits per heavy atom. The Kier molecular flexibility index (Phi) is 8.71. The largest absolute Gasteiger partial charge is 0.496 e. The number of nitrogens with one attached hydrogen (secondary N) is 1. The third-order valence-electron chi connectivity index (χ3n) is 6.83. The number of carbonyl (C=O) groups excluding carboxylic acids is 1. The Labute approximate surface area is 237 Å². The highest BCUT2D eigenvalue weighted by molar-refractivity contribution is 6.06. The Balaban J connectivity index is 1.46. The van der Waals surface area contributed by atoms with Crippen molar-refractivity contribution in [1.82, 2.24) is 4.90 Å². The van der Waals surface area contributed by atoms with E-state index in [9.17, 15) is 9.59 Å². The number of fused-ring (bicyclic) bond motifs is 1. The lowest BCUT2D eigenvalue weighted by molar-refractivity contribution is 0.0322. The SMILES string of the molecule is COc1ccccc1C(=O)Nc1cccc(-c2cc(=O)c3c(OCCN4CCOCC4)c(OC)c(OC)cc3o2)c1. The molecule has 1 aliphatic heterocycles. The van der Waals surface area contributed by atoms with Gasteiger partial charge in [0.15, 0.2) is 16.9 Å². The second-order valence-electron chi connectivity index (χ2n) is 9.33. The number of methoxy groups -OCH3 is 3. The minimum absolute atomic E-state index is 0.258. The molecular formula is C31H32N2O8. The second kappa shape index (κ2) is 12.8. The smallest absolute Gasteiger partial charge is 0.259 e. The number of ether oxygens (including phenoxy) is 5. The van der Waals surface area contributed by atoms with Crippen LogP contribution in [0, 0.1) is 0 Å². The van der Waals surface area contributed by atoms with E-state index in [1.165, 1.54) is 27.4 Å². The number of hydrogen-bond donors (Lipinski definition) is 1. The molecule has 0 bridgehead atoms. The van der Waals surface area contributed by atoms with Crippen LogP contribution in [0.4, 0.5) is 5.69 Å². The summed E-state index contributed by atoms with van der Waals surface area (Å²) in [5.41, 5.74) is 1.52. The average molecular weight is 561 g/mol. The first kappa shape index (κ1) is 28.0. The van der Waals surface area contributed by atoms with Gasteiger partial charge >= 0.3 is 0 Å². The van der Waals surface area contributed by atoms with Gasteiger partial charge in [0.2, 0.25) is 5.75 Å². The molecule has 0 spiro atoms. The first-order valence-corrected chi connectivity index (χ1v) is 13.2. The van der Waals surface area contributed by atoms with Crippen molar-refractivity contribution in [2.24, 2.45) is 0 Å². The van der Waals surface area contributed by atoms with Gasteiger partial charge < -0.3 is 33.4 Å². The molecule has 0 radical (unpaired) electrons.